The summed E-state index contributed by atoms with van der Waals surface area (Å²) in [6.07, 6.45) is -2.97. The fourth-order valence-corrected chi connectivity index (χ4v) is 5.43. The van der Waals surface area contributed by atoms with Crippen LogP contribution in [0.4, 0.5) is 28.9 Å². The van der Waals surface area contributed by atoms with E-state index >= 15 is 0 Å². The van der Waals surface area contributed by atoms with E-state index in [1.807, 2.05) is 0 Å². The molecular weight excluding hydrogens is 540 g/mol. The average Bonchev–Trinajstić information content (AvgIpc) is 3.28. The molecule has 13 heteroatoms. The molecule has 0 bridgehead atoms. The number of nitrogens with zero attached hydrogens (tertiary/aromatic N) is 3. The molecule has 4 rings (SSSR count). The van der Waals surface area contributed by atoms with Crippen LogP contribution in [0.5, 0.6) is 11.5 Å². The highest BCUT2D eigenvalue weighted by Crippen LogP contribution is 2.39. The van der Waals surface area contributed by atoms with Gasteiger partial charge in [0.15, 0.2) is 11.6 Å². The largest absolute Gasteiger partial charge is 0.508 e. The summed E-state index contributed by atoms with van der Waals surface area (Å²) in [6.45, 7) is -0.0783. The summed E-state index contributed by atoms with van der Waals surface area (Å²) in [4.78, 5) is -0.213. The van der Waals surface area contributed by atoms with E-state index in [1.54, 1.807) is 13.2 Å². The standard InChI is InChI=1S/C26H24F4N4O4S/c1-33-15-17(13-32-33)31-14-22-20(21-11-23(27)25(36)9-16(21)12-26(28,29)30)7-4-8-24(22)34(2)39(37,38)19-6-3-5-18(35)10-19/h3-11,13,15,31,35-36H,12,14H2,1-2H3. The van der Waals surface area contributed by atoms with Crippen LogP contribution in [-0.4, -0.2) is 41.6 Å². The molecule has 3 N–H and O–H groups in total. The molecule has 0 aliphatic heterocycles. The highest BCUT2D eigenvalue weighted by atomic mass is 32.2. The maximum Gasteiger partial charge on any atom is 0.393 e. The molecule has 0 saturated heterocycles. The first-order valence-electron chi connectivity index (χ1n) is 11.5. The molecule has 0 spiro atoms. The van der Waals surface area contributed by atoms with E-state index in [9.17, 15) is 36.2 Å². The molecule has 0 aliphatic rings. The van der Waals surface area contributed by atoms with Gasteiger partial charge in [0.1, 0.15) is 5.75 Å². The molecule has 0 unspecified atom stereocenters. The van der Waals surface area contributed by atoms with Crippen molar-refractivity contribution in [2.45, 2.75) is 24.0 Å². The maximum absolute atomic E-state index is 14.5. The lowest BCUT2D eigenvalue weighted by molar-refractivity contribution is -0.127. The summed E-state index contributed by atoms with van der Waals surface area (Å²) in [5, 5.41) is 26.8. The Bertz CT molecular complexity index is 1620. The van der Waals surface area contributed by atoms with Gasteiger partial charge in [0.2, 0.25) is 0 Å². The summed E-state index contributed by atoms with van der Waals surface area (Å²) in [6, 6.07) is 10.9. The number of sulfonamides is 1. The minimum atomic E-state index is -4.67. The van der Waals surface area contributed by atoms with Crippen molar-refractivity contribution < 1.29 is 36.2 Å². The summed E-state index contributed by atoms with van der Waals surface area (Å²) in [7, 11) is -1.29. The van der Waals surface area contributed by atoms with Crippen LogP contribution in [0, 0.1) is 5.82 Å². The van der Waals surface area contributed by atoms with Crippen LogP contribution in [0.15, 0.2) is 71.9 Å². The number of alkyl halides is 3. The Morgan fingerprint density at radius 3 is 2.41 bits per heavy atom. The molecule has 8 nitrogen and oxygen atoms in total. The van der Waals surface area contributed by atoms with E-state index in [2.05, 4.69) is 10.4 Å². The normalized spacial score (nSPS) is 11.9. The number of hydrogen-bond donors (Lipinski definition) is 3. The number of nitrogens with one attached hydrogen (secondary N) is 1. The third kappa shape index (κ3) is 6.08. The van der Waals surface area contributed by atoms with Crippen molar-refractivity contribution in [3.05, 3.63) is 83.9 Å². The van der Waals surface area contributed by atoms with Gasteiger partial charge in [-0.3, -0.25) is 8.99 Å². The Hall–Kier alpha value is -4.26. The van der Waals surface area contributed by atoms with E-state index in [1.165, 1.54) is 54.3 Å². The molecule has 1 heterocycles. The minimum Gasteiger partial charge on any atom is -0.508 e. The van der Waals surface area contributed by atoms with Gasteiger partial charge in [-0.1, -0.05) is 18.2 Å². The summed E-state index contributed by atoms with van der Waals surface area (Å²) in [5.41, 5.74) is 0.458. The van der Waals surface area contributed by atoms with Gasteiger partial charge in [-0.2, -0.15) is 18.3 Å². The van der Waals surface area contributed by atoms with E-state index in [0.29, 0.717) is 5.69 Å². The predicted octanol–water partition coefficient (Wildman–Crippen LogP) is 5.18. The fourth-order valence-electron chi connectivity index (χ4n) is 4.16. The van der Waals surface area contributed by atoms with Crippen LogP contribution in [0.25, 0.3) is 11.1 Å². The first-order valence-corrected chi connectivity index (χ1v) is 12.9. The zero-order chi connectivity index (χ0) is 28.5. The van der Waals surface area contributed by atoms with Crippen LogP contribution < -0.4 is 9.62 Å². The third-order valence-electron chi connectivity index (χ3n) is 5.99. The second-order valence-electron chi connectivity index (χ2n) is 8.78. The Kier molecular flexibility index (Phi) is 7.46. The number of aromatic hydroxyl groups is 2. The molecule has 0 amide bonds. The monoisotopic (exact) mass is 564 g/mol. The average molecular weight is 565 g/mol. The number of rotatable bonds is 8. The van der Waals surface area contributed by atoms with Gasteiger partial charge in [-0.25, -0.2) is 12.8 Å². The smallest absolute Gasteiger partial charge is 0.393 e. The maximum atomic E-state index is 14.5. The SMILES string of the molecule is CN(c1cccc(-c2cc(F)c(O)cc2CC(F)(F)F)c1CNc1cnn(C)c1)S(=O)(=O)c1cccc(O)c1. The van der Waals surface area contributed by atoms with Gasteiger partial charge in [0.05, 0.1) is 28.9 Å². The second kappa shape index (κ2) is 10.5. The molecule has 0 aliphatic carbocycles. The van der Waals surface area contributed by atoms with Gasteiger partial charge in [0.25, 0.3) is 10.0 Å². The fraction of sp³-hybridized carbons (Fsp3) is 0.192. The molecule has 3 aromatic carbocycles. The summed E-state index contributed by atoms with van der Waals surface area (Å²) < 4.78 is 84.1. The molecule has 0 fully saturated rings. The second-order valence-corrected chi connectivity index (χ2v) is 10.8. The number of benzene rings is 3. The Morgan fingerprint density at radius 2 is 1.77 bits per heavy atom. The third-order valence-corrected chi connectivity index (χ3v) is 7.76. The number of phenols is 2. The molecule has 206 valence electrons. The number of hydrogen-bond acceptors (Lipinski definition) is 6. The van der Waals surface area contributed by atoms with Crippen molar-refractivity contribution in [1.82, 2.24) is 9.78 Å². The molecule has 39 heavy (non-hydrogen) atoms. The summed E-state index contributed by atoms with van der Waals surface area (Å²) in [5.74, 6) is -2.34. The zero-order valence-electron chi connectivity index (χ0n) is 20.7. The van der Waals surface area contributed by atoms with Crippen LogP contribution in [0.2, 0.25) is 0 Å². The predicted molar refractivity (Wildman–Crippen MR) is 137 cm³/mol. The van der Waals surface area contributed by atoms with Crippen molar-refractivity contribution in [3.63, 3.8) is 0 Å². The highest BCUT2D eigenvalue weighted by molar-refractivity contribution is 7.92. The highest BCUT2D eigenvalue weighted by Gasteiger charge is 2.31. The van der Waals surface area contributed by atoms with Crippen LogP contribution in [0.3, 0.4) is 0 Å². The van der Waals surface area contributed by atoms with Gasteiger partial charge in [-0.15, -0.1) is 0 Å². The van der Waals surface area contributed by atoms with E-state index in [-0.39, 0.29) is 45.1 Å². The quantitative estimate of drug-likeness (QED) is 0.255. The lowest BCUT2D eigenvalue weighted by Crippen LogP contribution is -2.28. The molecule has 0 atom stereocenters. The first-order chi connectivity index (χ1) is 18.3. The molecule has 0 radical (unpaired) electrons. The number of anilines is 2. The van der Waals surface area contributed by atoms with E-state index < -0.39 is 34.2 Å². The molecule has 1 aromatic heterocycles. The number of phenolic OH excluding ortho intramolecular Hbond substituents is 2. The zero-order valence-corrected chi connectivity index (χ0v) is 21.6. The lowest BCUT2D eigenvalue weighted by atomic mass is 9.92. The Balaban J connectivity index is 1.91. The van der Waals surface area contributed by atoms with Crippen molar-refractivity contribution in [1.29, 1.82) is 0 Å². The Morgan fingerprint density at radius 1 is 1.05 bits per heavy atom. The molecule has 0 saturated carbocycles. The van der Waals surface area contributed by atoms with Crippen LogP contribution in [0.1, 0.15) is 11.1 Å². The number of aromatic nitrogens is 2. The summed E-state index contributed by atoms with van der Waals surface area (Å²) >= 11 is 0. The van der Waals surface area contributed by atoms with Gasteiger partial charge >= 0.3 is 6.18 Å². The number of halogens is 4. The number of aryl methyl sites for hydroxylation is 1. The minimum absolute atomic E-state index is 0.0783. The van der Waals surface area contributed by atoms with Crippen molar-refractivity contribution >= 4 is 21.4 Å². The van der Waals surface area contributed by atoms with E-state index in [4.69, 9.17) is 0 Å². The topological polar surface area (TPSA) is 108 Å². The lowest BCUT2D eigenvalue weighted by Gasteiger charge is -2.25. The Labute approximate surface area is 221 Å². The van der Waals surface area contributed by atoms with Crippen molar-refractivity contribution in [3.8, 4) is 22.6 Å². The van der Waals surface area contributed by atoms with Gasteiger partial charge < -0.3 is 15.5 Å². The van der Waals surface area contributed by atoms with E-state index in [0.717, 1.165) is 22.5 Å². The van der Waals surface area contributed by atoms with Gasteiger partial charge in [0, 0.05) is 38.5 Å². The van der Waals surface area contributed by atoms with Crippen molar-refractivity contribution in [2.75, 3.05) is 16.7 Å². The van der Waals surface area contributed by atoms with Crippen molar-refractivity contribution in [2.24, 2.45) is 7.05 Å². The molecular formula is C26H24F4N4O4S. The first kappa shape index (κ1) is 27.8. The molecule has 4 aromatic rings. The van der Waals surface area contributed by atoms with Crippen LogP contribution >= 0.6 is 0 Å². The van der Waals surface area contributed by atoms with Gasteiger partial charge in [-0.05, 0) is 47.0 Å². The van der Waals surface area contributed by atoms with Crippen LogP contribution in [-0.2, 0) is 30.0 Å².